The van der Waals surface area contributed by atoms with Crippen molar-refractivity contribution in [3.63, 3.8) is 0 Å². The van der Waals surface area contributed by atoms with Crippen LogP contribution in [0.25, 0.3) is 0 Å². The third-order valence-electron chi connectivity index (χ3n) is 2.79. The van der Waals surface area contributed by atoms with Crippen molar-refractivity contribution in [3.8, 4) is 0 Å². The summed E-state index contributed by atoms with van der Waals surface area (Å²) >= 11 is 0. The first-order valence-corrected chi connectivity index (χ1v) is 6.17. The molecule has 0 amide bonds. The van der Waals surface area contributed by atoms with E-state index in [2.05, 4.69) is 15.6 Å². The predicted octanol–water partition coefficient (Wildman–Crippen LogP) is 1.39. The molecule has 1 heterocycles. The van der Waals surface area contributed by atoms with Crippen LogP contribution in [0.4, 0.5) is 11.4 Å². The van der Waals surface area contributed by atoms with Gasteiger partial charge >= 0.3 is 5.97 Å². The minimum atomic E-state index is -1.20. The zero-order chi connectivity index (χ0) is 15.2. The molecule has 1 aromatic heterocycles. The number of carbonyl (C=O) groups is 1. The molecule has 2 aromatic rings. The van der Waals surface area contributed by atoms with Crippen LogP contribution in [0.2, 0.25) is 0 Å². The molecule has 0 unspecified atom stereocenters. The molecule has 0 atom stereocenters. The zero-order valence-corrected chi connectivity index (χ0v) is 11.0. The van der Waals surface area contributed by atoms with Gasteiger partial charge in [0.15, 0.2) is 0 Å². The standard InChI is InChI=1S/C12H13N5O4/c18-12(19)9-2-3-10(11(8-9)17(20)21)13-4-1-6-16-7-5-14-15-16/h2-3,5,7-8,13H,1,4,6H2,(H,18,19). The number of nitro benzene ring substituents is 1. The van der Waals surface area contributed by atoms with E-state index in [4.69, 9.17) is 5.11 Å². The first-order valence-electron chi connectivity index (χ1n) is 6.17. The molecule has 0 aliphatic heterocycles. The lowest BCUT2D eigenvalue weighted by atomic mass is 10.1. The molecule has 0 aliphatic carbocycles. The second-order valence-corrected chi connectivity index (χ2v) is 4.24. The fourth-order valence-electron chi connectivity index (χ4n) is 1.78. The maximum absolute atomic E-state index is 11.0. The van der Waals surface area contributed by atoms with E-state index < -0.39 is 10.9 Å². The predicted molar refractivity (Wildman–Crippen MR) is 73.2 cm³/mol. The lowest BCUT2D eigenvalue weighted by Crippen LogP contribution is -2.09. The van der Waals surface area contributed by atoms with Crippen LogP contribution in [0.3, 0.4) is 0 Å². The van der Waals surface area contributed by atoms with Gasteiger partial charge in [0.25, 0.3) is 5.69 Å². The molecule has 1 aromatic carbocycles. The minimum Gasteiger partial charge on any atom is -0.478 e. The summed E-state index contributed by atoms with van der Waals surface area (Å²) in [6.07, 6.45) is 3.99. The van der Waals surface area contributed by atoms with E-state index >= 15 is 0 Å². The minimum absolute atomic E-state index is 0.116. The monoisotopic (exact) mass is 291 g/mol. The summed E-state index contributed by atoms with van der Waals surface area (Å²) in [4.78, 5) is 21.2. The Morgan fingerprint density at radius 3 is 2.90 bits per heavy atom. The molecule has 0 bridgehead atoms. The van der Waals surface area contributed by atoms with Crippen molar-refractivity contribution < 1.29 is 14.8 Å². The van der Waals surface area contributed by atoms with Crippen LogP contribution in [-0.2, 0) is 6.54 Å². The number of aromatic nitrogens is 3. The van der Waals surface area contributed by atoms with E-state index in [1.54, 1.807) is 17.1 Å². The number of carboxylic acids is 1. The topological polar surface area (TPSA) is 123 Å². The normalized spacial score (nSPS) is 10.3. The van der Waals surface area contributed by atoms with Crippen LogP contribution >= 0.6 is 0 Å². The van der Waals surface area contributed by atoms with Crippen LogP contribution in [0.1, 0.15) is 16.8 Å². The number of benzene rings is 1. The van der Waals surface area contributed by atoms with Crippen molar-refractivity contribution >= 4 is 17.3 Å². The maximum Gasteiger partial charge on any atom is 0.335 e. The number of hydrogen-bond donors (Lipinski definition) is 2. The molecule has 9 nitrogen and oxygen atoms in total. The number of aryl methyl sites for hydroxylation is 1. The van der Waals surface area contributed by atoms with Crippen LogP contribution in [-0.4, -0.2) is 37.5 Å². The molecule has 0 fully saturated rings. The summed E-state index contributed by atoms with van der Waals surface area (Å²) in [5.41, 5.74) is -0.0749. The third kappa shape index (κ3) is 3.75. The molecular weight excluding hydrogens is 278 g/mol. The van der Waals surface area contributed by atoms with Gasteiger partial charge in [0, 0.05) is 25.4 Å². The summed E-state index contributed by atoms with van der Waals surface area (Å²) < 4.78 is 1.66. The second-order valence-electron chi connectivity index (χ2n) is 4.24. The lowest BCUT2D eigenvalue weighted by molar-refractivity contribution is -0.384. The highest BCUT2D eigenvalue weighted by Gasteiger charge is 2.16. The van der Waals surface area contributed by atoms with Gasteiger partial charge in [-0.15, -0.1) is 5.10 Å². The molecule has 21 heavy (non-hydrogen) atoms. The Kier molecular flexibility index (Phi) is 4.44. The van der Waals surface area contributed by atoms with Crippen LogP contribution in [0, 0.1) is 10.1 Å². The first-order chi connectivity index (χ1) is 10.1. The van der Waals surface area contributed by atoms with E-state index in [0.717, 1.165) is 6.07 Å². The second kappa shape index (κ2) is 6.46. The summed E-state index contributed by atoms with van der Waals surface area (Å²) in [5.74, 6) is -1.20. The Balaban J connectivity index is 1.98. The van der Waals surface area contributed by atoms with E-state index in [1.165, 1.54) is 12.1 Å². The van der Waals surface area contributed by atoms with Crippen molar-refractivity contribution in [3.05, 3.63) is 46.3 Å². The summed E-state index contributed by atoms with van der Waals surface area (Å²) in [6.45, 7) is 1.13. The first kappa shape index (κ1) is 14.4. The van der Waals surface area contributed by atoms with Crippen LogP contribution in [0.5, 0.6) is 0 Å². The van der Waals surface area contributed by atoms with E-state index in [1.807, 2.05) is 0 Å². The van der Waals surface area contributed by atoms with Crippen molar-refractivity contribution in [2.24, 2.45) is 0 Å². The van der Waals surface area contributed by atoms with E-state index in [9.17, 15) is 14.9 Å². The highest BCUT2D eigenvalue weighted by atomic mass is 16.6. The van der Waals surface area contributed by atoms with Crippen LogP contribution < -0.4 is 5.32 Å². The Morgan fingerprint density at radius 2 is 2.29 bits per heavy atom. The number of aromatic carboxylic acids is 1. The van der Waals surface area contributed by atoms with E-state index in [-0.39, 0.29) is 11.3 Å². The van der Waals surface area contributed by atoms with Gasteiger partial charge in [0.2, 0.25) is 0 Å². The quantitative estimate of drug-likeness (QED) is 0.448. The largest absolute Gasteiger partial charge is 0.478 e. The number of nitrogens with zero attached hydrogens (tertiary/aromatic N) is 4. The SMILES string of the molecule is O=C(O)c1ccc(NCCCn2ccnn2)c([N+](=O)[O-])c1. The van der Waals surface area contributed by atoms with Gasteiger partial charge in [-0.05, 0) is 18.6 Å². The molecule has 0 radical (unpaired) electrons. The summed E-state index contributed by atoms with van der Waals surface area (Å²) in [7, 11) is 0. The molecule has 110 valence electrons. The average Bonchev–Trinajstić information content (AvgIpc) is 2.96. The number of nitro groups is 1. The summed E-state index contributed by atoms with van der Waals surface area (Å²) in [5, 5.41) is 30.2. The van der Waals surface area contributed by atoms with Gasteiger partial charge in [-0.25, -0.2) is 4.79 Å². The molecule has 2 N–H and O–H groups in total. The Bertz CT molecular complexity index is 641. The summed E-state index contributed by atoms with van der Waals surface area (Å²) in [6, 6.07) is 3.77. The molecule has 0 spiro atoms. The number of nitrogens with one attached hydrogen (secondary N) is 1. The Morgan fingerprint density at radius 1 is 1.48 bits per heavy atom. The van der Waals surface area contributed by atoms with Gasteiger partial charge in [-0.3, -0.25) is 14.8 Å². The highest BCUT2D eigenvalue weighted by molar-refractivity contribution is 5.89. The fraction of sp³-hybridized carbons (Fsp3) is 0.250. The molecule has 0 aliphatic rings. The van der Waals surface area contributed by atoms with Gasteiger partial charge in [0.05, 0.1) is 16.7 Å². The van der Waals surface area contributed by atoms with Gasteiger partial charge in [-0.2, -0.15) is 0 Å². The van der Waals surface area contributed by atoms with Crippen LogP contribution in [0.15, 0.2) is 30.6 Å². The van der Waals surface area contributed by atoms with Gasteiger partial charge < -0.3 is 10.4 Å². The maximum atomic E-state index is 11.0. The number of rotatable bonds is 7. The van der Waals surface area contributed by atoms with Gasteiger partial charge in [-0.1, -0.05) is 5.21 Å². The number of anilines is 1. The molecule has 0 saturated carbocycles. The Labute approximate surface area is 119 Å². The van der Waals surface area contributed by atoms with Crippen molar-refractivity contribution in [1.82, 2.24) is 15.0 Å². The lowest BCUT2D eigenvalue weighted by Gasteiger charge is -2.07. The van der Waals surface area contributed by atoms with Crippen molar-refractivity contribution in [2.75, 3.05) is 11.9 Å². The molecular formula is C12H13N5O4. The number of hydrogen-bond acceptors (Lipinski definition) is 6. The third-order valence-corrected chi connectivity index (χ3v) is 2.79. The smallest absolute Gasteiger partial charge is 0.335 e. The Hall–Kier alpha value is -2.97. The van der Waals surface area contributed by atoms with Gasteiger partial charge in [0.1, 0.15) is 5.69 Å². The fourth-order valence-corrected chi connectivity index (χ4v) is 1.78. The molecule has 9 heteroatoms. The zero-order valence-electron chi connectivity index (χ0n) is 11.0. The average molecular weight is 291 g/mol. The van der Waals surface area contributed by atoms with Crippen molar-refractivity contribution in [2.45, 2.75) is 13.0 Å². The van der Waals surface area contributed by atoms with Crippen molar-refractivity contribution in [1.29, 1.82) is 0 Å². The number of carboxylic acid groups (broad SMARTS) is 1. The molecule has 0 saturated heterocycles. The molecule has 2 rings (SSSR count). The highest BCUT2D eigenvalue weighted by Crippen LogP contribution is 2.25. The van der Waals surface area contributed by atoms with E-state index in [0.29, 0.717) is 25.2 Å².